The van der Waals surface area contributed by atoms with E-state index in [4.69, 9.17) is 5.26 Å². The van der Waals surface area contributed by atoms with Gasteiger partial charge in [-0.05, 0) is 42.6 Å². The van der Waals surface area contributed by atoms with E-state index in [2.05, 4.69) is 10.6 Å². The van der Waals surface area contributed by atoms with Crippen molar-refractivity contribution < 1.29 is 9.90 Å². The quantitative estimate of drug-likeness (QED) is 0.761. The number of carbonyl (C=O) groups is 1. The monoisotopic (exact) mass is 315 g/mol. The minimum absolute atomic E-state index is 0.104. The third kappa shape index (κ3) is 4.32. The van der Waals surface area contributed by atoms with Crippen LogP contribution in [0.3, 0.4) is 0 Å². The Kier molecular flexibility index (Phi) is 5.15. The van der Waals surface area contributed by atoms with E-state index in [0.717, 1.165) is 10.6 Å². The van der Waals surface area contributed by atoms with Crippen molar-refractivity contribution in [3.05, 3.63) is 52.2 Å². The Bertz CT molecular complexity index is 658. The number of nitrogens with zero attached hydrogens (tertiary/aromatic N) is 1. The van der Waals surface area contributed by atoms with Gasteiger partial charge in [0.2, 0.25) is 5.91 Å². The van der Waals surface area contributed by atoms with Gasteiger partial charge in [0, 0.05) is 10.6 Å². The molecule has 0 radical (unpaired) electrons. The zero-order valence-corrected chi connectivity index (χ0v) is 13.0. The van der Waals surface area contributed by atoms with Gasteiger partial charge in [0.05, 0.1) is 24.7 Å². The molecule has 0 fully saturated rings. The fourth-order valence-corrected chi connectivity index (χ4v) is 2.64. The molecule has 3 N–H and O–H groups in total. The predicted octanol–water partition coefficient (Wildman–Crippen LogP) is 2.06. The van der Waals surface area contributed by atoms with Gasteiger partial charge in [0.15, 0.2) is 0 Å². The number of benzene rings is 1. The molecule has 1 aromatic carbocycles. The minimum atomic E-state index is -1.07. The van der Waals surface area contributed by atoms with Gasteiger partial charge < -0.3 is 15.7 Å². The maximum Gasteiger partial charge on any atom is 0.239 e. The van der Waals surface area contributed by atoms with Crippen LogP contribution >= 0.6 is 11.3 Å². The molecule has 0 bridgehead atoms. The SMILES string of the molecule is CC(O)(CNC(=O)CNc1ccc(C#N)cc1)c1cccs1. The summed E-state index contributed by atoms with van der Waals surface area (Å²) in [7, 11) is 0. The molecular weight excluding hydrogens is 298 g/mol. The Morgan fingerprint density at radius 1 is 1.36 bits per heavy atom. The summed E-state index contributed by atoms with van der Waals surface area (Å²) in [6.45, 7) is 1.93. The molecule has 0 aliphatic carbocycles. The highest BCUT2D eigenvalue weighted by molar-refractivity contribution is 7.10. The first kappa shape index (κ1) is 16.0. The summed E-state index contributed by atoms with van der Waals surface area (Å²) in [5, 5.41) is 26.6. The molecule has 0 aliphatic heterocycles. The van der Waals surface area contributed by atoms with Crippen molar-refractivity contribution in [3.8, 4) is 6.07 Å². The molecule has 0 saturated carbocycles. The molecule has 114 valence electrons. The zero-order chi connectivity index (χ0) is 16.0. The lowest BCUT2D eigenvalue weighted by molar-refractivity contribution is -0.120. The summed E-state index contributed by atoms with van der Waals surface area (Å²) < 4.78 is 0. The number of nitrogens with one attached hydrogen (secondary N) is 2. The topological polar surface area (TPSA) is 85.2 Å². The first-order valence-corrected chi connectivity index (χ1v) is 7.66. The summed E-state index contributed by atoms with van der Waals surface area (Å²) in [5.41, 5.74) is 0.263. The Morgan fingerprint density at radius 3 is 2.68 bits per heavy atom. The molecular formula is C16H17N3O2S. The molecule has 2 aromatic rings. The van der Waals surface area contributed by atoms with Gasteiger partial charge in [-0.3, -0.25) is 4.79 Å². The summed E-state index contributed by atoms with van der Waals surface area (Å²) in [6.07, 6.45) is 0. The van der Waals surface area contributed by atoms with Crippen molar-refractivity contribution in [1.29, 1.82) is 5.26 Å². The molecule has 0 aliphatic rings. The van der Waals surface area contributed by atoms with Gasteiger partial charge in [-0.1, -0.05) is 6.07 Å². The Balaban J connectivity index is 1.79. The molecule has 1 amide bonds. The van der Waals surface area contributed by atoms with Crippen molar-refractivity contribution in [3.63, 3.8) is 0 Å². The van der Waals surface area contributed by atoms with Crippen LogP contribution in [-0.2, 0) is 10.4 Å². The average molecular weight is 315 g/mol. The number of anilines is 1. The number of carbonyl (C=O) groups excluding carboxylic acids is 1. The second kappa shape index (κ2) is 7.07. The summed E-state index contributed by atoms with van der Waals surface area (Å²) >= 11 is 1.45. The largest absolute Gasteiger partial charge is 0.383 e. The van der Waals surface area contributed by atoms with Crippen LogP contribution in [0.5, 0.6) is 0 Å². The van der Waals surface area contributed by atoms with E-state index < -0.39 is 5.60 Å². The van der Waals surface area contributed by atoms with E-state index in [-0.39, 0.29) is 19.0 Å². The number of thiophene rings is 1. The van der Waals surface area contributed by atoms with Crippen molar-refractivity contribution >= 4 is 22.9 Å². The van der Waals surface area contributed by atoms with E-state index in [0.29, 0.717) is 5.56 Å². The fourth-order valence-electron chi connectivity index (χ4n) is 1.85. The normalized spacial score (nSPS) is 13.0. The Hall–Kier alpha value is -2.36. The second-order valence-electron chi connectivity index (χ2n) is 5.07. The van der Waals surface area contributed by atoms with E-state index >= 15 is 0 Å². The van der Waals surface area contributed by atoms with E-state index in [1.807, 2.05) is 23.6 Å². The number of rotatable bonds is 6. The molecule has 1 atom stereocenters. The molecule has 0 saturated heterocycles. The van der Waals surface area contributed by atoms with Crippen LogP contribution in [0.1, 0.15) is 17.4 Å². The van der Waals surface area contributed by atoms with Gasteiger partial charge in [-0.25, -0.2) is 0 Å². The molecule has 0 spiro atoms. The maximum atomic E-state index is 11.8. The Morgan fingerprint density at radius 2 is 2.09 bits per heavy atom. The highest BCUT2D eigenvalue weighted by Crippen LogP contribution is 2.24. The smallest absolute Gasteiger partial charge is 0.239 e. The van der Waals surface area contributed by atoms with Crippen molar-refractivity contribution in [2.24, 2.45) is 0 Å². The second-order valence-corrected chi connectivity index (χ2v) is 6.02. The lowest BCUT2D eigenvalue weighted by atomic mass is 10.1. The lowest BCUT2D eigenvalue weighted by Gasteiger charge is -2.22. The van der Waals surface area contributed by atoms with E-state index in [9.17, 15) is 9.90 Å². The van der Waals surface area contributed by atoms with Crippen LogP contribution in [0.25, 0.3) is 0 Å². The van der Waals surface area contributed by atoms with Gasteiger partial charge in [0.25, 0.3) is 0 Å². The number of amides is 1. The van der Waals surface area contributed by atoms with Crippen LogP contribution in [0, 0.1) is 11.3 Å². The molecule has 1 unspecified atom stereocenters. The van der Waals surface area contributed by atoms with Gasteiger partial charge in [-0.15, -0.1) is 11.3 Å². The van der Waals surface area contributed by atoms with Crippen molar-refractivity contribution in [2.45, 2.75) is 12.5 Å². The van der Waals surface area contributed by atoms with Gasteiger partial charge in [-0.2, -0.15) is 5.26 Å². The van der Waals surface area contributed by atoms with Crippen LogP contribution in [0.15, 0.2) is 41.8 Å². The van der Waals surface area contributed by atoms with Crippen molar-refractivity contribution in [2.75, 3.05) is 18.4 Å². The minimum Gasteiger partial charge on any atom is -0.383 e. The first-order valence-electron chi connectivity index (χ1n) is 6.78. The molecule has 5 nitrogen and oxygen atoms in total. The zero-order valence-electron chi connectivity index (χ0n) is 12.2. The maximum absolute atomic E-state index is 11.8. The summed E-state index contributed by atoms with van der Waals surface area (Å²) in [5.74, 6) is -0.207. The number of aliphatic hydroxyl groups is 1. The fraction of sp³-hybridized carbons (Fsp3) is 0.250. The van der Waals surface area contributed by atoms with Gasteiger partial charge in [0.1, 0.15) is 5.60 Å². The van der Waals surface area contributed by atoms with Crippen LogP contribution in [0.2, 0.25) is 0 Å². The number of hydrogen-bond donors (Lipinski definition) is 3. The standard InChI is InChI=1S/C16H17N3O2S/c1-16(21,14-3-2-8-22-14)11-19-15(20)10-18-13-6-4-12(9-17)5-7-13/h2-8,18,21H,10-11H2,1H3,(H,19,20). The van der Waals surface area contributed by atoms with Crippen molar-refractivity contribution in [1.82, 2.24) is 5.32 Å². The highest BCUT2D eigenvalue weighted by atomic mass is 32.1. The third-order valence-corrected chi connectivity index (χ3v) is 4.27. The molecule has 1 aromatic heterocycles. The molecule has 2 rings (SSSR count). The lowest BCUT2D eigenvalue weighted by Crippen LogP contribution is -2.40. The van der Waals surface area contributed by atoms with Crippen LogP contribution in [0.4, 0.5) is 5.69 Å². The Labute approximate surface area is 133 Å². The highest BCUT2D eigenvalue weighted by Gasteiger charge is 2.24. The summed E-state index contributed by atoms with van der Waals surface area (Å²) in [4.78, 5) is 12.6. The number of nitriles is 1. The average Bonchev–Trinajstić information content (AvgIpc) is 3.07. The molecule has 1 heterocycles. The number of hydrogen-bond acceptors (Lipinski definition) is 5. The van der Waals surface area contributed by atoms with E-state index in [1.54, 1.807) is 31.2 Å². The molecule has 6 heteroatoms. The van der Waals surface area contributed by atoms with Gasteiger partial charge >= 0.3 is 0 Å². The third-order valence-electron chi connectivity index (χ3n) is 3.15. The van der Waals surface area contributed by atoms with E-state index in [1.165, 1.54) is 11.3 Å². The first-order chi connectivity index (χ1) is 10.5. The predicted molar refractivity (Wildman–Crippen MR) is 86.5 cm³/mol. The molecule has 22 heavy (non-hydrogen) atoms. The van der Waals surface area contributed by atoms with Crippen LogP contribution < -0.4 is 10.6 Å². The van der Waals surface area contributed by atoms with Crippen LogP contribution in [-0.4, -0.2) is 24.1 Å². The summed E-state index contributed by atoms with van der Waals surface area (Å²) in [6, 6.07) is 12.6.